The van der Waals surface area contributed by atoms with Gasteiger partial charge in [-0.15, -0.1) is 10.2 Å². The number of ether oxygens (including phenoxy) is 1. The van der Waals surface area contributed by atoms with Crippen molar-refractivity contribution in [2.24, 2.45) is 0 Å². The van der Waals surface area contributed by atoms with Crippen LogP contribution in [-0.4, -0.2) is 65.3 Å². The SMILES string of the molecule is CCCCNC(=O)NC(=O)CSc1nnc(N2CCOCC2)n1CC. The van der Waals surface area contributed by atoms with Crippen LogP contribution in [-0.2, 0) is 16.1 Å². The van der Waals surface area contributed by atoms with Gasteiger partial charge in [0.1, 0.15) is 0 Å². The number of morpholine rings is 1. The summed E-state index contributed by atoms with van der Waals surface area (Å²) in [6.45, 7) is 8.23. The van der Waals surface area contributed by atoms with Crippen LogP contribution >= 0.6 is 11.8 Å². The maximum atomic E-state index is 11.9. The van der Waals surface area contributed by atoms with Crippen molar-refractivity contribution in [1.82, 2.24) is 25.4 Å². The molecular formula is C15H26N6O3S. The molecule has 0 unspecified atom stereocenters. The van der Waals surface area contributed by atoms with Gasteiger partial charge >= 0.3 is 6.03 Å². The molecule has 1 fully saturated rings. The van der Waals surface area contributed by atoms with Crippen LogP contribution in [0.1, 0.15) is 26.7 Å². The van der Waals surface area contributed by atoms with Gasteiger partial charge in [0.05, 0.1) is 19.0 Å². The largest absolute Gasteiger partial charge is 0.378 e. The lowest BCUT2D eigenvalue weighted by molar-refractivity contribution is -0.117. The number of thioether (sulfide) groups is 1. The predicted octanol–water partition coefficient (Wildman–Crippen LogP) is 0.853. The van der Waals surface area contributed by atoms with Gasteiger partial charge in [-0.3, -0.25) is 14.7 Å². The van der Waals surface area contributed by atoms with Gasteiger partial charge in [0.15, 0.2) is 5.16 Å². The molecule has 25 heavy (non-hydrogen) atoms. The molecule has 1 aromatic rings. The van der Waals surface area contributed by atoms with E-state index in [2.05, 4.69) is 25.7 Å². The second kappa shape index (κ2) is 10.2. The molecule has 0 spiro atoms. The molecule has 3 amide bonds. The lowest BCUT2D eigenvalue weighted by Gasteiger charge is -2.27. The highest BCUT2D eigenvalue weighted by Crippen LogP contribution is 2.22. The number of nitrogens with one attached hydrogen (secondary N) is 2. The Morgan fingerprint density at radius 1 is 1.24 bits per heavy atom. The van der Waals surface area contributed by atoms with Gasteiger partial charge in [-0.2, -0.15) is 0 Å². The molecule has 0 aliphatic carbocycles. The Hall–Kier alpha value is -1.81. The summed E-state index contributed by atoms with van der Waals surface area (Å²) < 4.78 is 7.33. The Morgan fingerprint density at radius 3 is 2.68 bits per heavy atom. The van der Waals surface area contributed by atoms with Gasteiger partial charge in [0, 0.05) is 26.2 Å². The van der Waals surface area contributed by atoms with E-state index >= 15 is 0 Å². The fraction of sp³-hybridized carbons (Fsp3) is 0.733. The lowest BCUT2D eigenvalue weighted by Crippen LogP contribution is -2.40. The first-order valence-electron chi connectivity index (χ1n) is 8.62. The lowest BCUT2D eigenvalue weighted by atomic mass is 10.3. The number of carbonyl (C=O) groups is 2. The zero-order chi connectivity index (χ0) is 18.1. The number of unbranched alkanes of at least 4 members (excludes halogenated alkanes) is 1. The van der Waals surface area contributed by atoms with Crippen LogP contribution in [0, 0.1) is 0 Å². The molecular weight excluding hydrogens is 344 g/mol. The van der Waals surface area contributed by atoms with Crippen molar-refractivity contribution >= 4 is 29.6 Å². The molecule has 0 radical (unpaired) electrons. The zero-order valence-electron chi connectivity index (χ0n) is 14.8. The molecule has 2 heterocycles. The minimum atomic E-state index is -0.454. The van der Waals surface area contributed by atoms with E-state index < -0.39 is 6.03 Å². The molecule has 2 rings (SSSR count). The number of rotatable bonds is 8. The standard InChI is InChI=1S/C15H26N6O3S/c1-3-5-6-16-13(23)17-12(22)11-25-15-19-18-14(21(15)4-2)20-7-9-24-10-8-20/h3-11H2,1-2H3,(H2,16,17,22,23). The molecule has 0 saturated carbocycles. The van der Waals surface area contributed by atoms with E-state index in [1.165, 1.54) is 11.8 Å². The van der Waals surface area contributed by atoms with Crippen molar-refractivity contribution in [1.29, 1.82) is 0 Å². The molecule has 2 N–H and O–H groups in total. The molecule has 1 aromatic heterocycles. The number of urea groups is 1. The Bertz CT molecular complexity index is 574. The first-order valence-corrected chi connectivity index (χ1v) is 9.60. The summed E-state index contributed by atoms with van der Waals surface area (Å²) >= 11 is 1.27. The van der Waals surface area contributed by atoms with Gasteiger partial charge < -0.3 is 15.0 Å². The minimum Gasteiger partial charge on any atom is -0.378 e. The molecule has 1 aliphatic rings. The first kappa shape index (κ1) is 19.5. The highest BCUT2D eigenvalue weighted by atomic mass is 32.2. The fourth-order valence-corrected chi connectivity index (χ4v) is 3.17. The van der Waals surface area contributed by atoms with Crippen molar-refractivity contribution < 1.29 is 14.3 Å². The highest BCUT2D eigenvalue weighted by molar-refractivity contribution is 7.99. The van der Waals surface area contributed by atoms with Gasteiger partial charge in [0.2, 0.25) is 11.9 Å². The van der Waals surface area contributed by atoms with Gasteiger partial charge in [0.25, 0.3) is 0 Å². The van der Waals surface area contributed by atoms with Crippen LogP contribution in [0.15, 0.2) is 5.16 Å². The number of anilines is 1. The third kappa shape index (κ3) is 5.89. The predicted molar refractivity (Wildman–Crippen MR) is 95.9 cm³/mol. The third-order valence-electron chi connectivity index (χ3n) is 3.71. The minimum absolute atomic E-state index is 0.114. The highest BCUT2D eigenvalue weighted by Gasteiger charge is 2.20. The zero-order valence-corrected chi connectivity index (χ0v) is 15.6. The Balaban J connectivity index is 1.84. The summed E-state index contributed by atoms with van der Waals surface area (Å²) in [7, 11) is 0. The van der Waals surface area contributed by atoms with Gasteiger partial charge in [-0.05, 0) is 13.3 Å². The number of imide groups is 1. The van der Waals surface area contributed by atoms with Crippen LogP contribution in [0.2, 0.25) is 0 Å². The molecule has 0 atom stereocenters. The quantitative estimate of drug-likeness (QED) is 0.517. The number of amides is 3. The number of aromatic nitrogens is 3. The normalized spacial score (nSPS) is 14.4. The molecule has 1 saturated heterocycles. The Kier molecular flexibility index (Phi) is 7.99. The van der Waals surface area contributed by atoms with E-state index in [1.54, 1.807) is 0 Å². The van der Waals surface area contributed by atoms with Crippen molar-refractivity contribution in [3.05, 3.63) is 0 Å². The van der Waals surface area contributed by atoms with E-state index in [4.69, 9.17) is 4.74 Å². The van der Waals surface area contributed by atoms with E-state index in [1.807, 2.05) is 18.4 Å². The molecule has 0 aromatic carbocycles. The van der Waals surface area contributed by atoms with E-state index in [0.29, 0.717) is 31.5 Å². The summed E-state index contributed by atoms with van der Waals surface area (Å²) in [5, 5.41) is 14.1. The van der Waals surface area contributed by atoms with E-state index in [9.17, 15) is 9.59 Å². The Labute approximate surface area is 151 Å². The number of carbonyl (C=O) groups excluding carboxylic acids is 2. The summed E-state index contributed by atoms with van der Waals surface area (Å²) in [4.78, 5) is 25.6. The number of hydrogen-bond acceptors (Lipinski definition) is 7. The summed E-state index contributed by atoms with van der Waals surface area (Å²) in [6.07, 6.45) is 1.88. The van der Waals surface area contributed by atoms with E-state index in [-0.39, 0.29) is 11.7 Å². The first-order chi connectivity index (χ1) is 12.2. The fourth-order valence-electron chi connectivity index (χ4n) is 2.38. The van der Waals surface area contributed by atoms with Crippen LogP contribution in [0.25, 0.3) is 0 Å². The van der Waals surface area contributed by atoms with Gasteiger partial charge in [-0.25, -0.2) is 4.79 Å². The molecule has 1 aliphatic heterocycles. The maximum absolute atomic E-state index is 11.9. The monoisotopic (exact) mass is 370 g/mol. The van der Waals surface area contributed by atoms with Crippen LogP contribution in [0.3, 0.4) is 0 Å². The van der Waals surface area contributed by atoms with Crippen molar-refractivity contribution in [2.75, 3.05) is 43.5 Å². The average molecular weight is 370 g/mol. The van der Waals surface area contributed by atoms with Crippen molar-refractivity contribution in [2.45, 2.75) is 38.4 Å². The molecule has 10 heteroatoms. The van der Waals surface area contributed by atoms with Gasteiger partial charge in [-0.1, -0.05) is 25.1 Å². The van der Waals surface area contributed by atoms with Crippen LogP contribution in [0.5, 0.6) is 0 Å². The second-order valence-electron chi connectivity index (χ2n) is 5.57. The summed E-state index contributed by atoms with van der Waals surface area (Å²) in [6, 6.07) is -0.454. The van der Waals surface area contributed by atoms with Crippen LogP contribution < -0.4 is 15.5 Å². The number of hydrogen-bond donors (Lipinski definition) is 2. The molecule has 9 nitrogen and oxygen atoms in total. The Morgan fingerprint density at radius 2 is 2.00 bits per heavy atom. The third-order valence-corrected chi connectivity index (χ3v) is 4.68. The van der Waals surface area contributed by atoms with E-state index in [0.717, 1.165) is 31.9 Å². The van der Waals surface area contributed by atoms with Crippen molar-refractivity contribution in [3.8, 4) is 0 Å². The number of nitrogens with zero attached hydrogens (tertiary/aromatic N) is 4. The molecule has 140 valence electrons. The topological polar surface area (TPSA) is 101 Å². The van der Waals surface area contributed by atoms with Crippen LogP contribution in [0.4, 0.5) is 10.7 Å². The average Bonchev–Trinajstić information content (AvgIpc) is 3.04. The van der Waals surface area contributed by atoms with Crippen molar-refractivity contribution in [3.63, 3.8) is 0 Å². The smallest absolute Gasteiger partial charge is 0.321 e. The maximum Gasteiger partial charge on any atom is 0.321 e. The second-order valence-corrected chi connectivity index (χ2v) is 6.52. The summed E-state index contributed by atoms with van der Waals surface area (Å²) in [5.41, 5.74) is 0. The molecule has 0 bridgehead atoms. The summed E-state index contributed by atoms with van der Waals surface area (Å²) in [5.74, 6) is 0.561.